The lowest BCUT2D eigenvalue weighted by atomic mass is 10.0. The molecule has 25 heavy (non-hydrogen) atoms. The molecule has 1 unspecified atom stereocenters. The minimum Gasteiger partial charge on any atom is -0.355 e. The van der Waals surface area contributed by atoms with Crippen molar-refractivity contribution in [3.8, 4) is 0 Å². The van der Waals surface area contributed by atoms with Gasteiger partial charge in [-0.1, -0.05) is 30.3 Å². The van der Waals surface area contributed by atoms with Crippen molar-refractivity contribution in [2.24, 2.45) is 4.99 Å². The van der Waals surface area contributed by atoms with Gasteiger partial charge in [0.15, 0.2) is 5.96 Å². The zero-order valence-corrected chi connectivity index (χ0v) is 15.7. The number of benzene rings is 1. The molecule has 2 aliphatic heterocycles. The number of likely N-dealkylation sites (N-methyl/N-ethyl adjacent to an activating group) is 1. The first kappa shape index (κ1) is 18.2. The van der Waals surface area contributed by atoms with E-state index in [-0.39, 0.29) is 0 Å². The van der Waals surface area contributed by atoms with Crippen molar-refractivity contribution in [3.05, 3.63) is 35.9 Å². The Morgan fingerprint density at radius 2 is 1.88 bits per heavy atom. The summed E-state index contributed by atoms with van der Waals surface area (Å²) in [5, 5.41) is 7.15. The molecule has 0 saturated carbocycles. The fraction of sp³-hybridized carbons (Fsp3) is 0.650. The highest BCUT2D eigenvalue weighted by molar-refractivity contribution is 5.80. The van der Waals surface area contributed by atoms with E-state index in [4.69, 9.17) is 0 Å². The summed E-state index contributed by atoms with van der Waals surface area (Å²) in [6.45, 7) is 5.57. The molecule has 0 amide bonds. The fourth-order valence-electron chi connectivity index (χ4n) is 3.92. The monoisotopic (exact) mass is 343 g/mol. The van der Waals surface area contributed by atoms with E-state index in [0.29, 0.717) is 12.1 Å². The molecule has 2 N–H and O–H groups in total. The van der Waals surface area contributed by atoms with Crippen LogP contribution in [0.1, 0.15) is 31.2 Å². The van der Waals surface area contributed by atoms with Crippen molar-refractivity contribution in [2.45, 2.75) is 44.3 Å². The van der Waals surface area contributed by atoms with Crippen LogP contribution >= 0.6 is 0 Å². The van der Waals surface area contributed by atoms with Gasteiger partial charge >= 0.3 is 0 Å². The number of nitrogens with zero attached hydrogens (tertiary/aromatic N) is 3. The Balaban J connectivity index is 1.38. The third-order valence-electron chi connectivity index (χ3n) is 5.58. The van der Waals surface area contributed by atoms with E-state index in [0.717, 1.165) is 32.1 Å². The Morgan fingerprint density at radius 1 is 1.12 bits per heavy atom. The third-order valence-corrected chi connectivity index (χ3v) is 5.58. The average molecular weight is 344 g/mol. The minimum atomic E-state index is 0.527. The molecule has 0 aromatic heterocycles. The van der Waals surface area contributed by atoms with Gasteiger partial charge in [-0.2, -0.15) is 0 Å². The van der Waals surface area contributed by atoms with Crippen LogP contribution < -0.4 is 10.6 Å². The molecule has 138 valence electrons. The van der Waals surface area contributed by atoms with Crippen molar-refractivity contribution < 1.29 is 0 Å². The first-order valence-corrected chi connectivity index (χ1v) is 9.68. The van der Waals surface area contributed by atoms with Crippen molar-refractivity contribution >= 4 is 5.96 Å². The molecule has 2 saturated heterocycles. The van der Waals surface area contributed by atoms with E-state index >= 15 is 0 Å². The number of rotatable bonds is 5. The summed E-state index contributed by atoms with van der Waals surface area (Å²) in [6.07, 6.45) is 4.96. The molecule has 0 spiro atoms. The summed E-state index contributed by atoms with van der Waals surface area (Å²) in [4.78, 5) is 9.42. The highest BCUT2D eigenvalue weighted by Crippen LogP contribution is 2.15. The SMILES string of the molecule is CN=C(NCC1CCCN1C)NC1CCN(Cc2ccccc2)CC1. The van der Waals surface area contributed by atoms with Gasteiger partial charge in [-0.15, -0.1) is 0 Å². The number of hydrogen-bond donors (Lipinski definition) is 2. The highest BCUT2D eigenvalue weighted by atomic mass is 15.2. The van der Waals surface area contributed by atoms with Gasteiger partial charge in [-0.3, -0.25) is 9.89 Å². The van der Waals surface area contributed by atoms with E-state index in [9.17, 15) is 0 Å². The average Bonchev–Trinajstić information content (AvgIpc) is 3.06. The Kier molecular flexibility index (Phi) is 6.70. The van der Waals surface area contributed by atoms with Crippen LogP contribution in [0, 0.1) is 0 Å². The number of guanidine groups is 1. The van der Waals surface area contributed by atoms with Gasteiger partial charge in [0.25, 0.3) is 0 Å². The second-order valence-corrected chi connectivity index (χ2v) is 7.41. The standard InChI is InChI=1S/C20H33N5/c1-21-20(22-15-19-9-6-12-24(19)2)23-18-10-13-25(14-11-18)16-17-7-4-3-5-8-17/h3-5,7-8,18-19H,6,9-16H2,1-2H3,(H2,21,22,23). The van der Waals surface area contributed by atoms with Gasteiger partial charge < -0.3 is 15.5 Å². The van der Waals surface area contributed by atoms with E-state index in [2.05, 4.69) is 62.8 Å². The van der Waals surface area contributed by atoms with Gasteiger partial charge in [-0.25, -0.2) is 0 Å². The first-order chi connectivity index (χ1) is 12.2. The number of likely N-dealkylation sites (tertiary alicyclic amines) is 2. The lowest BCUT2D eigenvalue weighted by Gasteiger charge is -2.33. The van der Waals surface area contributed by atoms with Gasteiger partial charge in [0.1, 0.15) is 0 Å². The van der Waals surface area contributed by atoms with Crippen LogP contribution in [-0.2, 0) is 6.54 Å². The quantitative estimate of drug-likeness (QED) is 0.633. The lowest BCUT2D eigenvalue weighted by Crippen LogP contribution is -2.50. The number of piperidine rings is 1. The van der Waals surface area contributed by atoms with Crippen LogP contribution in [0.3, 0.4) is 0 Å². The Morgan fingerprint density at radius 3 is 2.52 bits per heavy atom. The molecule has 2 heterocycles. The maximum atomic E-state index is 4.42. The van der Waals surface area contributed by atoms with Crippen LogP contribution in [0.4, 0.5) is 0 Å². The molecule has 1 atom stereocenters. The van der Waals surface area contributed by atoms with Crippen LogP contribution in [0.15, 0.2) is 35.3 Å². The minimum absolute atomic E-state index is 0.527. The highest BCUT2D eigenvalue weighted by Gasteiger charge is 2.22. The normalized spacial score (nSPS) is 23.8. The van der Waals surface area contributed by atoms with Gasteiger partial charge in [-0.05, 0) is 44.8 Å². The smallest absolute Gasteiger partial charge is 0.191 e. The van der Waals surface area contributed by atoms with Crippen LogP contribution in [-0.4, -0.2) is 68.1 Å². The molecule has 1 aromatic carbocycles. The molecule has 0 aliphatic carbocycles. The van der Waals surface area contributed by atoms with Crippen molar-refractivity contribution in [1.29, 1.82) is 0 Å². The van der Waals surface area contributed by atoms with Crippen molar-refractivity contribution in [2.75, 3.05) is 40.3 Å². The Bertz CT molecular complexity index is 536. The van der Waals surface area contributed by atoms with Crippen LogP contribution in [0.25, 0.3) is 0 Å². The van der Waals surface area contributed by atoms with Crippen molar-refractivity contribution in [1.82, 2.24) is 20.4 Å². The Labute approximate surface area is 152 Å². The fourth-order valence-corrected chi connectivity index (χ4v) is 3.92. The van der Waals surface area contributed by atoms with Gasteiger partial charge in [0.2, 0.25) is 0 Å². The summed E-state index contributed by atoms with van der Waals surface area (Å²) < 4.78 is 0. The first-order valence-electron chi connectivity index (χ1n) is 9.68. The molecule has 2 fully saturated rings. The van der Waals surface area contributed by atoms with Gasteiger partial charge in [0, 0.05) is 45.3 Å². The number of hydrogen-bond acceptors (Lipinski definition) is 3. The zero-order valence-electron chi connectivity index (χ0n) is 15.7. The van der Waals surface area contributed by atoms with Crippen molar-refractivity contribution in [3.63, 3.8) is 0 Å². The summed E-state index contributed by atoms with van der Waals surface area (Å²) in [5.74, 6) is 0.960. The molecular formula is C20H33N5. The molecule has 1 aromatic rings. The maximum Gasteiger partial charge on any atom is 0.191 e. The molecule has 3 rings (SSSR count). The molecule has 0 radical (unpaired) electrons. The number of aliphatic imine (C=N–C) groups is 1. The predicted octanol–water partition coefficient (Wildman–Crippen LogP) is 1.91. The summed E-state index contributed by atoms with van der Waals surface area (Å²) in [7, 11) is 4.09. The molecule has 0 bridgehead atoms. The molecule has 5 nitrogen and oxygen atoms in total. The van der Waals surface area contributed by atoms with Crippen LogP contribution in [0.5, 0.6) is 0 Å². The second kappa shape index (κ2) is 9.20. The zero-order chi connectivity index (χ0) is 17.5. The van der Waals surface area contributed by atoms with E-state index < -0.39 is 0 Å². The predicted molar refractivity (Wildman–Crippen MR) is 105 cm³/mol. The molecular weight excluding hydrogens is 310 g/mol. The maximum absolute atomic E-state index is 4.42. The second-order valence-electron chi connectivity index (χ2n) is 7.41. The van der Waals surface area contributed by atoms with Gasteiger partial charge in [0.05, 0.1) is 0 Å². The largest absolute Gasteiger partial charge is 0.355 e. The molecule has 5 heteroatoms. The Hall–Kier alpha value is -1.59. The van der Waals surface area contributed by atoms with E-state index in [1.165, 1.54) is 37.8 Å². The summed E-state index contributed by atoms with van der Waals surface area (Å²) in [6, 6.07) is 11.9. The number of nitrogens with one attached hydrogen (secondary N) is 2. The van der Waals surface area contributed by atoms with E-state index in [1.807, 2.05) is 7.05 Å². The lowest BCUT2D eigenvalue weighted by molar-refractivity contribution is 0.198. The van der Waals surface area contributed by atoms with E-state index in [1.54, 1.807) is 0 Å². The topological polar surface area (TPSA) is 42.9 Å². The van der Waals surface area contributed by atoms with Crippen LogP contribution in [0.2, 0.25) is 0 Å². The third kappa shape index (κ3) is 5.44. The molecule has 2 aliphatic rings. The summed E-state index contributed by atoms with van der Waals surface area (Å²) >= 11 is 0. The summed E-state index contributed by atoms with van der Waals surface area (Å²) in [5.41, 5.74) is 1.41.